The summed E-state index contributed by atoms with van der Waals surface area (Å²) in [6, 6.07) is 11.3. The molecule has 166 valence electrons. The Labute approximate surface area is 204 Å². The lowest BCUT2D eigenvalue weighted by Gasteiger charge is -2.15. The molecule has 0 aliphatic carbocycles. The van der Waals surface area contributed by atoms with Crippen molar-refractivity contribution in [2.24, 2.45) is 0 Å². The third-order valence-electron chi connectivity index (χ3n) is 5.44. The van der Waals surface area contributed by atoms with Gasteiger partial charge in [0.25, 0.3) is 11.8 Å². The Hall–Kier alpha value is -2.36. The molecular formula is C23H21BrN2O4S2. The van der Waals surface area contributed by atoms with Crippen LogP contribution in [0.15, 0.2) is 45.8 Å². The molecule has 4 rings (SSSR count). The van der Waals surface area contributed by atoms with Crippen molar-refractivity contribution in [1.82, 2.24) is 4.90 Å². The smallest absolute Gasteiger partial charge is 0.267 e. The van der Waals surface area contributed by atoms with Gasteiger partial charge >= 0.3 is 0 Å². The predicted molar refractivity (Wildman–Crippen MR) is 134 cm³/mol. The van der Waals surface area contributed by atoms with Gasteiger partial charge in [0.15, 0.2) is 11.5 Å². The first-order valence-electron chi connectivity index (χ1n) is 10.00. The molecule has 0 bridgehead atoms. The Bertz CT molecular complexity index is 1160. The van der Waals surface area contributed by atoms with E-state index in [1.807, 2.05) is 43.3 Å². The summed E-state index contributed by atoms with van der Waals surface area (Å²) in [5.41, 5.74) is 2.99. The van der Waals surface area contributed by atoms with Crippen LogP contribution in [0.2, 0.25) is 0 Å². The van der Waals surface area contributed by atoms with Gasteiger partial charge < -0.3 is 14.4 Å². The fourth-order valence-electron chi connectivity index (χ4n) is 3.86. The number of fused-ring (bicyclic) bond motifs is 1. The van der Waals surface area contributed by atoms with Crippen LogP contribution in [-0.4, -0.2) is 48.3 Å². The van der Waals surface area contributed by atoms with Crippen molar-refractivity contribution >= 4 is 67.3 Å². The Balaban J connectivity index is 1.62. The van der Waals surface area contributed by atoms with E-state index >= 15 is 0 Å². The van der Waals surface area contributed by atoms with E-state index in [0.717, 1.165) is 21.3 Å². The predicted octanol–water partition coefficient (Wildman–Crippen LogP) is 4.65. The molecule has 32 heavy (non-hydrogen) atoms. The second-order valence-electron chi connectivity index (χ2n) is 7.18. The fourth-order valence-corrected chi connectivity index (χ4v) is 5.60. The number of anilines is 1. The summed E-state index contributed by atoms with van der Waals surface area (Å²) < 4.78 is 11.9. The maximum Gasteiger partial charge on any atom is 0.267 e. The molecule has 0 saturated carbocycles. The highest BCUT2D eigenvalue weighted by Crippen LogP contribution is 2.45. The number of benzene rings is 2. The average molecular weight is 533 g/mol. The number of halogens is 1. The van der Waals surface area contributed by atoms with Gasteiger partial charge in [-0.1, -0.05) is 46.0 Å². The van der Waals surface area contributed by atoms with Crippen molar-refractivity contribution in [2.75, 3.05) is 32.2 Å². The van der Waals surface area contributed by atoms with Crippen LogP contribution in [0.4, 0.5) is 5.69 Å². The van der Waals surface area contributed by atoms with Crippen LogP contribution in [0.25, 0.3) is 5.57 Å². The third-order valence-corrected chi connectivity index (χ3v) is 7.38. The largest absolute Gasteiger partial charge is 0.493 e. The summed E-state index contributed by atoms with van der Waals surface area (Å²) in [6.07, 6.45) is 0.590. The number of ether oxygens (including phenoxy) is 2. The molecular weight excluding hydrogens is 512 g/mol. The molecule has 0 aromatic heterocycles. The van der Waals surface area contributed by atoms with Gasteiger partial charge in [-0.15, -0.1) is 0 Å². The number of carbonyl (C=O) groups excluding carboxylic acids is 2. The fraction of sp³-hybridized carbons (Fsp3) is 0.261. The van der Waals surface area contributed by atoms with E-state index in [9.17, 15) is 9.59 Å². The van der Waals surface area contributed by atoms with Gasteiger partial charge in [0.05, 0.1) is 30.4 Å². The van der Waals surface area contributed by atoms with Gasteiger partial charge in [-0.25, -0.2) is 0 Å². The van der Waals surface area contributed by atoms with Gasteiger partial charge in [-0.3, -0.25) is 14.5 Å². The number of nitrogens with zero attached hydrogens (tertiary/aromatic N) is 2. The lowest BCUT2D eigenvalue weighted by Crippen LogP contribution is -2.31. The number of likely N-dealkylation sites (N-methyl/N-ethyl adjacent to an activating group) is 1. The van der Waals surface area contributed by atoms with Crippen LogP contribution in [0.3, 0.4) is 0 Å². The van der Waals surface area contributed by atoms with Crippen LogP contribution in [0, 0.1) is 0 Å². The molecule has 0 N–H and O–H groups in total. The Morgan fingerprint density at radius 2 is 1.75 bits per heavy atom. The van der Waals surface area contributed by atoms with Crippen molar-refractivity contribution in [3.8, 4) is 11.5 Å². The summed E-state index contributed by atoms with van der Waals surface area (Å²) in [6.45, 7) is 2.85. The molecule has 1 saturated heterocycles. The molecule has 2 heterocycles. The monoisotopic (exact) mass is 532 g/mol. The number of carbonyl (C=O) groups is 2. The second-order valence-corrected chi connectivity index (χ2v) is 9.74. The first-order valence-corrected chi connectivity index (χ1v) is 12.0. The third kappa shape index (κ3) is 3.93. The second kappa shape index (κ2) is 9.25. The van der Waals surface area contributed by atoms with Crippen LogP contribution in [0.5, 0.6) is 11.5 Å². The number of rotatable bonds is 6. The highest BCUT2D eigenvalue weighted by molar-refractivity contribution is 9.10. The molecule has 2 aromatic carbocycles. The first kappa shape index (κ1) is 22.8. The molecule has 0 atom stereocenters. The maximum absolute atomic E-state index is 13.3. The SMILES string of the molecule is CCN1C(=O)/C(=C2\SC(=S)N(CCc3ccc(OC)c(OC)c3)C2=O)c2cc(Br)ccc21. The van der Waals surface area contributed by atoms with Crippen molar-refractivity contribution in [3.05, 3.63) is 56.9 Å². The summed E-state index contributed by atoms with van der Waals surface area (Å²) in [5.74, 6) is 0.890. The van der Waals surface area contributed by atoms with Crippen molar-refractivity contribution in [1.29, 1.82) is 0 Å². The van der Waals surface area contributed by atoms with Crippen LogP contribution >= 0.6 is 39.9 Å². The minimum Gasteiger partial charge on any atom is -0.493 e. The summed E-state index contributed by atoms with van der Waals surface area (Å²) >= 11 is 10.2. The van der Waals surface area contributed by atoms with E-state index in [2.05, 4.69) is 15.9 Å². The maximum atomic E-state index is 13.3. The van der Waals surface area contributed by atoms with Gasteiger partial charge in [-0.05, 0) is 49.2 Å². The lowest BCUT2D eigenvalue weighted by atomic mass is 10.1. The number of hydrogen-bond donors (Lipinski definition) is 0. The number of methoxy groups -OCH3 is 2. The first-order chi connectivity index (χ1) is 15.4. The Kier molecular flexibility index (Phi) is 6.60. The number of amides is 2. The molecule has 0 spiro atoms. The molecule has 1 fully saturated rings. The normalized spacial score (nSPS) is 17.9. The van der Waals surface area contributed by atoms with E-state index in [4.69, 9.17) is 21.7 Å². The van der Waals surface area contributed by atoms with Gasteiger partial charge in [0, 0.05) is 23.1 Å². The van der Waals surface area contributed by atoms with Crippen LogP contribution in [-0.2, 0) is 16.0 Å². The van der Waals surface area contributed by atoms with E-state index in [-0.39, 0.29) is 11.8 Å². The van der Waals surface area contributed by atoms with E-state index in [1.54, 1.807) is 24.0 Å². The number of thiocarbonyl (C=S) groups is 1. The standard InChI is InChI=1S/C23H21BrN2O4S2/c1-4-25-16-7-6-14(24)12-15(16)19(21(25)27)20-22(28)26(23(31)32-20)10-9-13-5-8-17(29-2)18(11-13)30-3/h5-8,11-12H,4,9-10H2,1-3H3/b20-19-. The molecule has 0 unspecified atom stereocenters. The number of thioether (sulfide) groups is 1. The summed E-state index contributed by atoms with van der Waals surface area (Å²) in [5, 5.41) is 0. The van der Waals surface area contributed by atoms with E-state index < -0.39 is 0 Å². The minimum atomic E-state index is -0.229. The molecule has 2 aromatic rings. The molecule has 2 aliphatic heterocycles. The van der Waals surface area contributed by atoms with Crippen LogP contribution in [0.1, 0.15) is 18.1 Å². The minimum absolute atomic E-state index is 0.166. The Morgan fingerprint density at radius 3 is 2.44 bits per heavy atom. The summed E-state index contributed by atoms with van der Waals surface area (Å²) in [7, 11) is 3.18. The molecule has 0 radical (unpaired) electrons. The zero-order valence-electron chi connectivity index (χ0n) is 17.8. The zero-order valence-corrected chi connectivity index (χ0v) is 21.0. The zero-order chi connectivity index (χ0) is 23.0. The van der Waals surface area contributed by atoms with E-state index in [0.29, 0.717) is 45.8 Å². The summed E-state index contributed by atoms with van der Waals surface area (Å²) in [4.78, 5) is 30.1. The van der Waals surface area contributed by atoms with Crippen molar-refractivity contribution < 1.29 is 19.1 Å². The molecule has 2 aliphatic rings. The van der Waals surface area contributed by atoms with Gasteiger partial charge in [0.2, 0.25) is 0 Å². The Morgan fingerprint density at radius 1 is 1.00 bits per heavy atom. The topological polar surface area (TPSA) is 59.1 Å². The quantitative estimate of drug-likeness (QED) is 0.398. The molecule has 9 heteroatoms. The van der Waals surface area contributed by atoms with Crippen molar-refractivity contribution in [3.63, 3.8) is 0 Å². The van der Waals surface area contributed by atoms with Crippen molar-refractivity contribution in [2.45, 2.75) is 13.3 Å². The van der Waals surface area contributed by atoms with Gasteiger partial charge in [0.1, 0.15) is 4.32 Å². The highest BCUT2D eigenvalue weighted by atomic mass is 79.9. The molecule has 6 nitrogen and oxygen atoms in total. The van der Waals surface area contributed by atoms with Crippen LogP contribution < -0.4 is 14.4 Å². The highest BCUT2D eigenvalue weighted by Gasteiger charge is 2.41. The van der Waals surface area contributed by atoms with Gasteiger partial charge in [-0.2, -0.15) is 0 Å². The molecule has 2 amide bonds. The van der Waals surface area contributed by atoms with E-state index in [1.165, 1.54) is 11.8 Å². The lowest BCUT2D eigenvalue weighted by molar-refractivity contribution is -0.122. The number of hydrogen-bond acceptors (Lipinski definition) is 6. The average Bonchev–Trinajstić information content (AvgIpc) is 3.22.